The Bertz CT molecular complexity index is 377. The molecule has 0 bridgehead atoms. The fourth-order valence-corrected chi connectivity index (χ4v) is 1.63. The minimum Gasteiger partial charge on any atom is -0.468 e. The molecule has 4 nitrogen and oxygen atoms in total. The summed E-state index contributed by atoms with van der Waals surface area (Å²) < 4.78 is 4.76. The van der Waals surface area contributed by atoms with Crippen molar-refractivity contribution in [3.05, 3.63) is 29.8 Å². The third kappa shape index (κ3) is 3.75. The fourth-order valence-electron chi connectivity index (χ4n) is 1.63. The second-order valence-electron chi connectivity index (χ2n) is 4.32. The SMILES string of the molecule is COC(=O)[C@H](NCc1ccccc1N)C(C)C. The number of rotatable bonds is 5. The van der Waals surface area contributed by atoms with E-state index in [2.05, 4.69) is 5.32 Å². The van der Waals surface area contributed by atoms with Crippen LogP contribution in [0.2, 0.25) is 0 Å². The molecule has 0 saturated carbocycles. The third-order valence-electron chi connectivity index (χ3n) is 2.69. The van der Waals surface area contributed by atoms with Crippen LogP contribution in [-0.2, 0) is 16.1 Å². The topological polar surface area (TPSA) is 64.3 Å². The highest BCUT2D eigenvalue weighted by Crippen LogP contribution is 2.11. The van der Waals surface area contributed by atoms with Crippen LogP contribution < -0.4 is 11.1 Å². The molecule has 0 spiro atoms. The number of methoxy groups -OCH3 is 1. The molecule has 0 aliphatic rings. The smallest absolute Gasteiger partial charge is 0.323 e. The van der Waals surface area contributed by atoms with E-state index >= 15 is 0 Å². The molecule has 0 unspecified atom stereocenters. The van der Waals surface area contributed by atoms with Crippen molar-refractivity contribution in [2.45, 2.75) is 26.4 Å². The summed E-state index contributed by atoms with van der Waals surface area (Å²) in [6.45, 7) is 4.51. The van der Waals surface area contributed by atoms with Gasteiger partial charge in [0.05, 0.1) is 7.11 Å². The third-order valence-corrected chi connectivity index (χ3v) is 2.69. The van der Waals surface area contributed by atoms with Crippen molar-refractivity contribution in [3.8, 4) is 0 Å². The van der Waals surface area contributed by atoms with Crippen molar-refractivity contribution < 1.29 is 9.53 Å². The standard InChI is InChI=1S/C13H20N2O2/c1-9(2)12(13(16)17-3)15-8-10-6-4-5-7-11(10)14/h4-7,9,12,15H,8,14H2,1-3H3/t12-/m1/s1. The highest BCUT2D eigenvalue weighted by molar-refractivity contribution is 5.75. The van der Waals surface area contributed by atoms with Crippen LogP contribution in [0.15, 0.2) is 24.3 Å². The number of nitrogens with one attached hydrogen (secondary N) is 1. The van der Waals surface area contributed by atoms with Gasteiger partial charge in [0.2, 0.25) is 0 Å². The number of hydrogen-bond donors (Lipinski definition) is 2. The number of nitrogen functional groups attached to an aromatic ring is 1. The lowest BCUT2D eigenvalue weighted by Gasteiger charge is -2.20. The zero-order chi connectivity index (χ0) is 12.8. The number of nitrogens with two attached hydrogens (primary N) is 1. The first-order valence-electron chi connectivity index (χ1n) is 5.71. The Morgan fingerprint density at radius 3 is 2.59 bits per heavy atom. The molecule has 0 aliphatic carbocycles. The number of ether oxygens (including phenoxy) is 1. The normalized spacial score (nSPS) is 12.5. The summed E-state index contributed by atoms with van der Waals surface area (Å²) in [5, 5.41) is 3.17. The first-order chi connectivity index (χ1) is 8.06. The maximum atomic E-state index is 11.5. The van der Waals surface area contributed by atoms with Gasteiger partial charge in [-0.1, -0.05) is 32.0 Å². The lowest BCUT2D eigenvalue weighted by Crippen LogP contribution is -2.41. The molecule has 3 N–H and O–H groups in total. The van der Waals surface area contributed by atoms with Crippen LogP contribution in [0, 0.1) is 5.92 Å². The van der Waals surface area contributed by atoms with Gasteiger partial charge in [-0.25, -0.2) is 0 Å². The van der Waals surface area contributed by atoms with E-state index in [1.165, 1.54) is 7.11 Å². The quantitative estimate of drug-likeness (QED) is 0.601. The first-order valence-corrected chi connectivity index (χ1v) is 5.71. The predicted octanol–water partition coefficient (Wildman–Crippen LogP) is 1.56. The number of para-hydroxylation sites is 1. The van der Waals surface area contributed by atoms with E-state index in [4.69, 9.17) is 10.5 Å². The molecule has 0 aromatic heterocycles. The predicted molar refractivity (Wildman–Crippen MR) is 68.3 cm³/mol. The summed E-state index contributed by atoms with van der Waals surface area (Å²) in [7, 11) is 1.40. The van der Waals surface area contributed by atoms with E-state index in [0.29, 0.717) is 6.54 Å². The van der Waals surface area contributed by atoms with E-state index in [0.717, 1.165) is 11.3 Å². The summed E-state index contributed by atoms with van der Waals surface area (Å²) in [6, 6.07) is 7.30. The van der Waals surface area contributed by atoms with Crippen molar-refractivity contribution in [1.29, 1.82) is 0 Å². The minimum absolute atomic E-state index is 0.174. The van der Waals surface area contributed by atoms with Gasteiger partial charge in [-0.3, -0.25) is 10.1 Å². The van der Waals surface area contributed by atoms with Gasteiger partial charge in [-0.05, 0) is 17.5 Å². The average molecular weight is 236 g/mol. The van der Waals surface area contributed by atoms with Gasteiger partial charge < -0.3 is 10.5 Å². The van der Waals surface area contributed by atoms with Crippen LogP contribution in [0.5, 0.6) is 0 Å². The van der Waals surface area contributed by atoms with Crippen LogP contribution in [0.1, 0.15) is 19.4 Å². The Hall–Kier alpha value is -1.55. The van der Waals surface area contributed by atoms with E-state index < -0.39 is 0 Å². The zero-order valence-corrected chi connectivity index (χ0v) is 10.6. The Morgan fingerprint density at radius 1 is 1.41 bits per heavy atom. The molecule has 17 heavy (non-hydrogen) atoms. The molecule has 0 radical (unpaired) electrons. The van der Waals surface area contributed by atoms with Crippen LogP contribution in [-0.4, -0.2) is 19.1 Å². The highest BCUT2D eigenvalue weighted by atomic mass is 16.5. The van der Waals surface area contributed by atoms with Gasteiger partial charge >= 0.3 is 5.97 Å². The van der Waals surface area contributed by atoms with Crippen molar-refractivity contribution >= 4 is 11.7 Å². The molecule has 1 aromatic rings. The van der Waals surface area contributed by atoms with E-state index in [1.807, 2.05) is 38.1 Å². The molecule has 1 aromatic carbocycles. The molecule has 0 heterocycles. The second kappa shape index (κ2) is 6.25. The van der Waals surface area contributed by atoms with Gasteiger partial charge in [-0.15, -0.1) is 0 Å². The van der Waals surface area contributed by atoms with E-state index in [1.54, 1.807) is 0 Å². The molecule has 0 saturated heterocycles. The Labute approximate surface area is 102 Å². The first kappa shape index (κ1) is 13.5. The summed E-state index contributed by atoms with van der Waals surface area (Å²) in [6.07, 6.45) is 0. The Balaban J connectivity index is 2.64. The maximum Gasteiger partial charge on any atom is 0.323 e. The number of anilines is 1. The van der Waals surface area contributed by atoms with E-state index in [-0.39, 0.29) is 17.9 Å². The molecule has 1 rings (SSSR count). The molecule has 4 heteroatoms. The lowest BCUT2D eigenvalue weighted by atomic mass is 10.0. The van der Waals surface area contributed by atoms with Crippen molar-refractivity contribution in [2.24, 2.45) is 5.92 Å². The van der Waals surface area contributed by atoms with Gasteiger partial charge in [0.25, 0.3) is 0 Å². The molecular weight excluding hydrogens is 216 g/mol. The highest BCUT2D eigenvalue weighted by Gasteiger charge is 2.22. The van der Waals surface area contributed by atoms with E-state index in [9.17, 15) is 4.79 Å². The number of esters is 1. The number of carbonyl (C=O) groups excluding carboxylic acids is 1. The summed E-state index contributed by atoms with van der Waals surface area (Å²) >= 11 is 0. The maximum absolute atomic E-state index is 11.5. The number of hydrogen-bond acceptors (Lipinski definition) is 4. The van der Waals surface area contributed by atoms with Gasteiger partial charge in [-0.2, -0.15) is 0 Å². The Kier molecular flexibility index (Phi) is 4.97. The van der Waals surface area contributed by atoms with Gasteiger partial charge in [0.15, 0.2) is 0 Å². The summed E-state index contributed by atoms with van der Waals surface area (Å²) in [4.78, 5) is 11.5. The lowest BCUT2D eigenvalue weighted by molar-refractivity contribution is -0.144. The number of carbonyl (C=O) groups is 1. The van der Waals surface area contributed by atoms with Gasteiger partial charge in [0, 0.05) is 12.2 Å². The second-order valence-corrected chi connectivity index (χ2v) is 4.32. The van der Waals surface area contributed by atoms with Crippen LogP contribution in [0.25, 0.3) is 0 Å². The van der Waals surface area contributed by atoms with Crippen molar-refractivity contribution in [2.75, 3.05) is 12.8 Å². The molecular formula is C13H20N2O2. The molecule has 1 atom stereocenters. The van der Waals surface area contributed by atoms with Crippen LogP contribution >= 0.6 is 0 Å². The summed E-state index contributed by atoms with van der Waals surface area (Å²) in [5.41, 5.74) is 7.55. The molecule has 0 aliphatic heterocycles. The largest absolute Gasteiger partial charge is 0.468 e. The number of benzene rings is 1. The summed E-state index contributed by atoms with van der Waals surface area (Å²) in [5.74, 6) is -0.0677. The van der Waals surface area contributed by atoms with Crippen molar-refractivity contribution in [3.63, 3.8) is 0 Å². The van der Waals surface area contributed by atoms with Gasteiger partial charge in [0.1, 0.15) is 6.04 Å². The monoisotopic (exact) mass is 236 g/mol. The fraction of sp³-hybridized carbons (Fsp3) is 0.462. The molecule has 94 valence electrons. The zero-order valence-electron chi connectivity index (χ0n) is 10.6. The minimum atomic E-state index is -0.306. The average Bonchev–Trinajstić information content (AvgIpc) is 2.30. The van der Waals surface area contributed by atoms with Crippen molar-refractivity contribution in [1.82, 2.24) is 5.32 Å². The Morgan fingerprint density at radius 2 is 2.06 bits per heavy atom. The molecule has 0 fully saturated rings. The van der Waals surface area contributed by atoms with Crippen LogP contribution in [0.3, 0.4) is 0 Å². The molecule has 0 amide bonds. The van der Waals surface area contributed by atoms with Crippen LogP contribution in [0.4, 0.5) is 5.69 Å².